The van der Waals surface area contributed by atoms with Gasteiger partial charge in [0, 0.05) is 17.4 Å². The minimum absolute atomic E-state index is 0.104. The fourth-order valence-electron chi connectivity index (χ4n) is 2.06. The lowest BCUT2D eigenvalue weighted by Gasteiger charge is -2.19. The maximum Gasteiger partial charge on any atom is 0.261 e. The third-order valence-corrected chi connectivity index (χ3v) is 3.61. The van der Waals surface area contributed by atoms with Gasteiger partial charge in [-0.1, -0.05) is 11.6 Å². The van der Waals surface area contributed by atoms with Crippen molar-refractivity contribution in [3.63, 3.8) is 0 Å². The van der Waals surface area contributed by atoms with Crippen LogP contribution in [0.25, 0.3) is 0 Å². The molecule has 1 heterocycles. The summed E-state index contributed by atoms with van der Waals surface area (Å²) in [4.78, 5) is 16.2. The van der Waals surface area contributed by atoms with E-state index in [4.69, 9.17) is 16.3 Å². The first-order chi connectivity index (χ1) is 10.5. The number of nitrogens with one attached hydrogen (secondary N) is 1. The summed E-state index contributed by atoms with van der Waals surface area (Å²) in [6.07, 6.45) is 2.81. The Bertz CT molecular complexity index is 646. The largest absolute Gasteiger partial charge is 0.481 e. The molecule has 0 aliphatic heterocycles. The normalized spacial score (nSPS) is 13.3. The number of benzene rings is 1. The van der Waals surface area contributed by atoms with Crippen LogP contribution in [-0.2, 0) is 4.79 Å². The van der Waals surface area contributed by atoms with Crippen molar-refractivity contribution in [2.24, 2.45) is 0 Å². The number of carbonyl (C=O) groups is 1. The molecule has 1 aromatic carbocycles. The molecule has 2 rings (SSSR count). The number of aromatic nitrogens is 1. The van der Waals surface area contributed by atoms with Crippen LogP contribution >= 0.6 is 11.6 Å². The second-order valence-corrected chi connectivity index (χ2v) is 5.62. The molecular weight excluding hydrogens is 300 g/mol. The van der Waals surface area contributed by atoms with E-state index in [0.717, 1.165) is 11.1 Å². The number of halogens is 1. The summed E-state index contributed by atoms with van der Waals surface area (Å²) in [5.74, 6) is 0.488. The maximum atomic E-state index is 12.2. The number of rotatable bonds is 5. The Balaban J connectivity index is 1.97. The Hall–Kier alpha value is -2.07. The number of pyridine rings is 1. The molecule has 4 nitrogen and oxygen atoms in total. The number of hydrogen-bond donors (Lipinski definition) is 1. The van der Waals surface area contributed by atoms with Gasteiger partial charge in [-0.05, 0) is 62.2 Å². The lowest BCUT2D eigenvalue weighted by Crippen LogP contribution is -2.37. The molecule has 0 radical (unpaired) electrons. The summed E-state index contributed by atoms with van der Waals surface area (Å²) in [6.45, 7) is 5.54. The Labute approximate surface area is 135 Å². The Morgan fingerprint density at radius 3 is 2.55 bits per heavy atom. The lowest BCUT2D eigenvalue weighted by atomic mass is 10.1. The van der Waals surface area contributed by atoms with Gasteiger partial charge in [-0.15, -0.1) is 0 Å². The van der Waals surface area contributed by atoms with Crippen LogP contribution in [0, 0.1) is 6.92 Å². The van der Waals surface area contributed by atoms with Gasteiger partial charge in [0.25, 0.3) is 5.91 Å². The lowest BCUT2D eigenvalue weighted by molar-refractivity contribution is -0.127. The summed E-state index contributed by atoms with van der Waals surface area (Å²) in [5, 5.41) is 3.58. The molecule has 1 N–H and O–H groups in total. The highest BCUT2D eigenvalue weighted by molar-refractivity contribution is 6.30. The summed E-state index contributed by atoms with van der Waals surface area (Å²) in [6, 6.07) is 8.97. The summed E-state index contributed by atoms with van der Waals surface area (Å²) in [7, 11) is 0. The maximum absolute atomic E-state index is 12.2. The zero-order valence-electron chi connectivity index (χ0n) is 12.8. The molecule has 22 heavy (non-hydrogen) atoms. The van der Waals surface area contributed by atoms with Gasteiger partial charge in [0.2, 0.25) is 0 Å². The van der Waals surface area contributed by atoms with Gasteiger partial charge in [-0.3, -0.25) is 9.78 Å². The SMILES string of the molecule is Cc1cc(Cl)ccc1OC(C)C(=O)NC(C)c1ccncc1. The van der Waals surface area contributed by atoms with Crippen molar-refractivity contribution in [2.75, 3.05) is 0 Å². The molecular formula is C17H19ClN2O2. The predicted octanol–water partition coefficient (Wildman–Crippen LogP) is 3.69. The van der Waals surface area contributed by atoms with Crippen LogP contribution in [0.15, 0.2) is 42.7 Å². The van der Waals surface area contributed by atoms with E-state index in [-0.39, 0.29) is 11.9 Å². The molecule has 1 amide bonds. The molecule has 0 saturated carbocycles. The molecule has 5 heteroatoms. The van der Waals surface area contributed by atoms with Crippen molar-refractivity contribution >= 4 is 17.5 Å². The van der Waals surface area contributed by atoms with Crippen LogP contribution in [0.1, 0.15) is 31.0 Å². The van der Waals surface area contributed by atoms with Crippen molar-refractivity contribution in [3.05, 3.63) is 58.9 Å². The molecule has 0 bridgehead atoms. The molecule has 0 spiro atoms. The van der Waals surface area contributed by atoms with Crippen LogP contribution in [0.5, 0.6) is 5.75 Å². The summed E-state index contributed by atoms with van der Waals surface area (Å²) >= 11 is 5.91. The van der Waals surface area contributed by atoms with Gasteiger partial charge >= 0.3 is 0 Å². The zero-order valence-corrected chi connectivity index (χ0v) is 13.6. The number of nitrogens with zero attached hydrogens (tertiary/aromatic N) is 1. The Kier molecular flexibility index (Phi) is 5.39. The molecule has 0 aliphatic rings. The number of ether oxygens (including phenoxy) is 1. The standard InChI is InChI=1S/C17H19ClN2O2/c1-11-10-15(18)4-5-16(11)22-13(3)17(21)20-12(2)14-6-8-19-9-7-14/h4-10,12-13H,1-3H3,(H,20,21). The molecule has 2 aromatic rings. The second kappa shape index (κ2) is 7.27. The third-order valence-electron chi connectivity index (χ3n) is 3.37. The highest BCUT2D eigenvalue weighted by Gasteiger charge is 2.18. The fraction of sp³-hybridized carbons (Fsp3) is 0.294. The Morgan fingerprint density at radius 1 is 1.23 bits per heavy atom. The minimum Gasteiger partial charge on any atom is -0.481 e. The van der Waals surface area contributed by atoms with E-state index in [1.54, 1.807) is 37.5 Å². The number of aryl methyl sites for hydroxylation is 1. The average molecular weight is 319 g/mol. The topological polar surface area (TPSA) is 51.2 Å². The third kappa shape index (κ3) is 4.21. The molecule has 2 atom stereocenters. The van der Waals surface area contributed by atoms with E-state index >= 15 is 0 Å². The van der Waals surface area contributed by atoms with E-state index in [9.17, 15) is 4.79 Å². The molecule has 0 saturated heterocycles. The van der Waals surface area contributed by atoms with Crippen LogP contribution in [0.3, 0.4) is 0 Å². The highest BCUT2D eigenvalue weighted by Crippen LogP contribution is 2.23. The van der Waals surface area contributed by atoms with E-state index in [1.165, 1.54) is 0 Å². The molecule has 0 aliphatic carbocycles. The smallest absolute Gasteiger partial charge is 0.261 e. The monoisotopic (exact) mass is 318 g/mol. The van der Waals surface area contributed by atoms with Crippen LogP contribution in [0.2, 0.25) is 5.02 Å². The van der Waals surface area contributed by atoms with Gasteiger partial charge in [0.1, 0.15) is 5.75 Å². The van der Waals surface area contributed by atoms with Crippen molar-refractivity contribution in [1.82, 2.24) is 10.3 Å². The fourth-order valence-corrected chi connectivity index (χ4v) is 2.28. The number of carbonyl (C=O) groups excluding carboxylic acids is 1. The second-order valence-electron chi connectivity index (χ2n) is 5.18. The van der Waals surface area contributed by atoms with Crippen LogP contribution < -0.4 is 10.1 Å². The highest BCUT2D eigenvalue weighted by atomic mass is 35.5. The summed E-state index contributed by atoms with van der Waals surface area (Å²) in [5.41, 5.74) is 1.90. The average Bonchev–Trinajstić information content (AvgIpc) is 2.50. The summed E-state index contributed by atoms with van der Waals surface area (Å²) < 4.78 is 5.72. The van der Waals surface area contributed by atoms with Crippen LogP contribution in [0.4, 0.5) is 0 Å². The van der Waals surface area contributed by atoms with Crippen molar-refractivity contribution in [1.29, 1.82) is 0 Å². The molecule has 2 unspecified atom stereocenters. The minimum atomic E-state index is -0.593. The van der Waals surface area contributed by atoms with E-state index in [0.29, 0.717) is 10.8 Å². The number of hydrogen-bond acceptors (Lipinski definition) is 3. The first-order valence-electron chi connectivity index (χ1n) is 7.10. The Morgan fingerprint density at radius 2 is 1.91 bits per heavy atom. The van der Waals surface area contributed by atoms with Crippen LogP contribution in [-0.4, -0.2) is 17.0 Å². The zero-order chi connectivity index (χ0) is 16.1. The van der Waals surface area contributed by atoms with Gasteiger partial charge in [-0.25, -0.2) is 0 Å². The molecule has 0 fully saturated rings. The first kappa shape index (κ1) is 16.3. The quantitative estimate of drug-likeness (QED) is 0.914. The van der Waals surface area contributed by atoms with Gasteiger partial charge in [-0.2, -0.15) is 0 Å². The van der Waals surface area contributed by atoms with E-state index in [2.05, 4.69) is 10.3 Å². The first-order valence-corrected chi connectivity index (χ1v) is 7.48. The van der Waals surface area contributed by atoms with Crippen molar-refractivity contribution in [2.45, 2.75) is 32.9 Å². The van der Waals surface area contributed by atoms with Gasteiger partial charge < -0.3 is 10.1 Å². The number of amides is 1. The molecule has 1 aromatic heterocycles. The molecule has 116 valence electrons. The van der Waals surface area contributed by atoms with Crippen molar-refractivity contribution in [3.8, 4) is 5.75 Å². The van der Waals surface area contributed by atoms with Gasteiger partial charge in [0.15, 0.2) is 6.10 Å². The van der Waals surface area contributed by atoms with E-state index < -0.39 is 6.10 Å². The van der Waals surface area contributed by atoms with E-state index in [1.807, 2.05) is 26.0 Å². The van der Waals surface area contributed by atoms with Gasteiger partial charge in [0.05, 0.1) is 6.04 Å². The van der Waals surface area contributed by atoms with Crippen molar-refractivity contribution < 1.29 is 9.53 Å². The predicted molar refractivity (Wildman–Crippen MR) is 87.1 cm³/mol.